The number of Topliss-reactive ketones (excluding diaryl/α,β-unsaturated/α-hetero) is 1. The normalized spacial score (nSPS) is 22.8. The summed E-state index contributed by atoms with van der Waals surface area (Å²) in [5.74, 6) is -2.03. The number of hydrogen-bond acceptors (Lipinski definition) is 7. The average molecular weight is 453 g/mol. The number of benzene rings is 1. The summed E-state index contributed by atoms with van der Waals surface area (Å²) in [6, 6.07) is 7.15. The van der Waals surface area contributed by atoms with Gasteiger partial charge in [-0.2, -0.15) is 0 Å². The quantitative estimate of drug-likeness (QED) is 0.435. The van der Waals surface area contributed by atoms with Crippen LogP contribution in [0.2, 0.25) is 0 Å². The Morgan fingerprint density at radius 3 is 2.39 bits per heavy atom. The Balaban J connectivity index is 1.64. The number of pyridine rings is 2. The third-order valence-electron chi connectivity index (χ3n) is 6.13. The number of hydrogen-bond donors (Lipinski definition) is 4. The predicted octanol–water partition coefficient (Wildman–Crippen LogP) is 2.32. The van der Waals surface area contributed by atoms with Crippen molar-refractivity contribution < 1.29 is 18.7 Å². The Labute approximate surface area is 189 Å². The minimum Gasteiger partial charge on any atom is -0.397 e. The van der Waals surface area contributed by atoms with Gasteiger partial charge in [-0.25, -0.2) is 13.8 Å². The molecule has 1 saturated carbocycles. The van der Waals surface area contributed by atoms with Crippen molar-refractivity contribution in [3.63, 3.8) is 0 Å². The molecule has 0 spiro atoms. The van der Waals surface area contributed by atoms with Crippen LogP contribution >= 0.6 is 0 Å². The average Bonchev–Trinajstić information content (AvgIpc) is 2.78. The second-order valence-electron chi connectivity index (χ2n) is 8.39. The summed E-state index contributed by atoms with van der Waals surface area (Å²) >= 11 is 0. The van der Waals surface area contributed by atoms with Crippen LogP contribution in [0.5, 0.6) is 0 Å². The van der Waals surface area contributed by atoms with E-state index in [-0.39, 0.29) is 35.0 Å². The van der Waals surface area contributed by atoms with Crippen molar-refractivity contribution in [2.75, 3.05) is 5.73 Å². The summed E-state index contributed by atoms with van der Waals surface area (Å²) < 4.78 is 28.4. The summed E-state index contributed by atoms with van der Waals surface area (Å²) in [7, 11) is 0. The minimum absolute atomic E-state index is 0.0206. The number of nitrogens with two attached hydrogens (primary N) is 3. The number of halogens is 2. The number of carbonyl (C=O) groups excluding carboxylic acids is 1. The molecule has 0 bridgehead atoms. The molecular weight excluding hydrogens is 428 g/mol. The zero-order valence-electron chi connectivity index (χ0n) is 17.8. The van der Waals surface area contributed by atoms with Gasteiger partial charge in [0, 0.05) is 30.9 Å². The molecule has 1 aromatic carbocycles. The molecule has 0 radical (unpaired) electrons. The standard InChI is InChI=1S/C24H25F2N5O2/c25-15-2-1-3-16(26)22(15)20-5-4-17(27)23(31-20)21(32)10-13-11-30-7-6-14(13)12-8-18(28)24(33)19(29)9-12/h1-7,11-12,18-19,24,33H,8-10,27-29H2/t12?,18-,19-,24?/m1/s1. The molecular formula is C24H25F2N5O2. The molecule has 7 nitrogen and oxygen atoms in total. The third-order valence-corrected chi connectivity index (χ3v) is 6.13. The van der Waals surface area contributed by atoms with E-state index in [1.807, 2.05) is 6.07 Å². The minimum atomic E-state index is -0.785. The van der Waals surface area contributed by atoms with E-state index in [1.54, 1.807) is 12.4 Å². The van der Waals surface area contributed by atoms with Crippen molar-refractivity contribution in [3.05, 3.63) is 77.2 Å². The first-order valence-electron chi connectivity index (χ1n) is 10.6. The Morgan fingerprint density at radius 2 is 1.73 bits per heavy atom. The van der Waals surface area contributed by atoms with Crippen molar-refractivity contribution >= 4 is 11.5 Å². The molecule has 1 fully saturated rings. The fourth-order valence-corrected chi connectivity index (χ4v) is 4.42. The fraction of sp³-hybridized carbons (Fsp3) is 0.292. The lowest BCUT2D eigenvalue weighted by Crippen LogP contribution is -2.52. The maximum absolute atomic E-state index is 14.2. The molecule has 0 saturated heterocycles. The first-order valence-corrected chi connectivity index (χ1v) is 10.6. The van der Waals surface area contributed by atoms with Gasteiger partial charge in [0.05, 0.1) is 23.0 Å². The highest BCUT2D eigenvalue weighted by atomic mass is 19.1. The van der Waals surface area contributed by atoms with Crippen LogP contribution in [0.4, 0.5) is 14.5 Å². The van der Waals surface area contributed by atoms with E-state index < -0.39 is 35.6 Å². The van der Waals surface area contributed by atoms with Gasteiger partial charge < -0.3 is 22.3 Å². The van der Waals surface area contributed by atoms with Crippen LogP contribution in [-0.2, 0) is 6.42 Å². The van der Waals surface area contributed by atoms with E-state index in [0.717, 1.165) is 17.7 Å². The molecule has 3 aromatic rings. The van der Waals surface area contributed by atoms with Crippen molar-refractivity contribution in [1.82, 2.24) is 9.97 Å². The summed E-state index contributed by atoms with van der Waals surface area (Å²) in [4.78, 5) is 21.5. The molecule has 2 atom stereocenters. The molecule has 0 unspecified atom stereocenters. The zero-order valence-corrected chi connectivity index (χ0v) is 17.8. The van der Waals surface area contributed by atoms with Crippen LogP contribution in [-0.4, -0.2) is 39.0 Å². The molecule has 0 amide bonds. The summed E-state index contributed by atoms with van der Waals surface area (Å²) in [6.45, 7) is 0. The Hall–Kier alpha value is -3.27. The lowest BCUT2D eigenvalue weighted by molar-refractivity contribution is 0.0798. The van der Waals surface area contributed by atoms with Crippen LogP contribution in [0.15, 0.2) is 48.8 Å². The van der Waals surface area contributed by atoms with Gasteiger partial charge in [0.15, 0.2) is 5.78 Å². The Morgan fingerprint density at radius 1 is 1.06 bits per heavy atom. The van der Waals surface area contributed by atoms with E-state index in [9.17, 15) is 18.7 Å². The molecule has 2 heterocycles. The number of aromatic nitrogens is 2. The maximum Gasteiger partial charge on any atom is 0.187 e. The van der Waals surface area contributed by atoms with Gasteiger partial charge >= 0.3 is 0 Å². The van der Waals surface area contributed by atoms with Gasteiger partial charge in [-0.15, -0.1) is 0 Å². The van der Waals surface area contributed by atoms with Crippen molar-refractivity contribution in [2.24, 2.45) is 11.5 Å². The molecule has 1 aliphatic rings. The van der Waals surface area contributed by atoms with E-state index in [1.165, 1.54) is 18.2 Å². The van der Waals surface area contributed by atoms with Crippen molar-refractivity contribution in [1.29, 1.82) is 0 Å². The van der Waals surface area contributed by atoms with E-state index >= 15 is 0 Å². The molecule has 4 rings (SSSR count). The number of nitrogen functional groups attached to an aromatic ring is 1. The topological polar surface area (TPSA) is 141 Å². The van der Waals surface area contributed by atoms with E-state index in [0.29, 0.717) is 18.4 Å². The van der Waals surface area contributed by atoms with Crippen LogP contribution in [0.25, 0.3) is 11.3 Å². The SMILES string of the molecule is Nc1ccc(-c2c(F)cccc2F)nc1C(=O)Cc1cnccc1C1C[C@@H](N)C(O)[C@H](N)C1. The highest BCUT2D eigenvalue weighted by molar-refractivity contribution is 6.00. The van der Waals surface area contributed by atoms with E-state index in [2.05, 4.69) is 9.97 Å². The molecule has 9 heteroatoms. The van der Waals surface area contributed by atoms with Gasteiger partial charge in [0.25, 0.3) is 0 Å². The maximum atomic E-state index is 14.2. The predicted molar refractivity (Wildman–Crippen MR) is 120 cm³/mol. The number of anilines is 1. The molecule has 172 valence electrons. The van der Waals surface area contributed by atoms with Crippen LogP contribution in [0.1, 0.15) is 40.4 Å². The molecule has 33 heavy (non-hydrogen) atoms. The van der Waals surface area contributed by atoms with Crippen LogP contribution in [0, 0.1) is 11.6 Å². The molecule has 1 aliphatic carbocycles. The summed E-state index contributed by atoms with van der Waals surface area (Å²) in [6.07, 6.45) is 3.41. The monoisotopic (exact) mass is 453 g/mol. The molecule has 7 N–H and O–H groups in total. The van der Waals surface area contributed by atoms with Gasteiger partial charge in [-0.1, -0.05) is 6.07 Å². The number of ketones is 1. The number of aliphatic hydroxyl groups excluding tert-OH is 1. The lowest BCUT2D eigenvalue weighted by Gasteiger charge is -2.36. The van der Waals surface area contributed by atoms with Crippen LogP contribution in [0.3, 0.4) is 0 Å². The van der Waals surface area contributed by atoms with Crippen molar-refractivity contribution in [2.45, 2.75) is 43.4 Å². The van der Waals surface area contributed by atoms with Gasteiger partial charge in [0.1, 0.15) is 17.3 Å². The highest BCUT2D eigenvalue weighted by Gasteiger charge is 2.34. The first-order chi connectivity index (χ1) is 15.8. The molecule has 2 aromatic heterocycles. The number of aliphatic hydroxyl groups is 1. The van der Waals surface area contributed by atoms with Gasteiger partial charge in [0.2, 0.25) is 0 Å². The smallest absolute Gasteiger partial charge is 0.187 e. The first kappa shape index (κ1) is 22.9. The summed E-state index contributed by atoms with van der Waals surface area (Å²) in [5.41, 5.74) is 19.3. The second kappa shape index (κ2) is 9.30. The number of nitrogens with zero attached hydrogens (tertiary/aromatic N) is 2. The Bertz CT molecular complexity index is 1160. The second-order valence-corrected chi connectivity index (χ2v) is 8.39. The van der Waals surface area contributed by atoms with Gasteiger partial charge in [-0.3, -0.25) is 9.78 Å². The third kappa shape index (κ3) is 4.61. The largest absolute Gasteiger partial charge is 0.397 e. The number of rotatable bonds is 5. The van der Waals surface area contributed by atoms with Crippen molar-refractivity contribution in [3.8, 4) is 11.3 Å². The molecule has 0 aliphatic heterocycles. The van der Waals surface area contributed by atoms with Gasteiger partial charge in [-0.05, 0) is 60.2 Å². The highest BCUT2D eigenvalue weighted by Crippen LogP contribution is 2.34. The summed E-state index contributed by atoms with van der Waals surface area (Å²) in [5, 5.41) is 10.1. The lowest BCUT2D eigenvalue weighted by atomic mass is 9.76. The fourth-order valence-electron chi connectivity index (χ4n) is 4.42. The van der Waals surface area contributed by atoms with Crippen LogP contribution < -0.4 is 17.2 Å². The zero-order chi connectivity index (χ0) is 23.7. The Kier molecular flexibility index (Phi) is 6.46. The van der Waals surface area contributed by atoms with E-state index in [4.69, 9.17) is 17.2 Å². The number of carbonyl (C=O) groups is 1.